The number of rotatable bonds is 6. The van der Waals surface area contributed by atoms with Crippen LogP contribution in [-0.4, -0.2) is 29.7 Å². The monoisotopic (exact) mass is 450 g/mol. The summed E-state index contributed by atoms with van der Waals surface area (Å²) in [5.74, 6) is -2.55. The van der Waals surface area contributed by atoms with Gasteiger partial charge >= 0.3 is 17.7 Å². The molecule has 0 saturated heterocycles. The van der Waals surface area contributed by atoms with E-state index in [1.165, 1.54) is 12.1 Å². The van der Waals surface area contributed by atoms with Crippen LogP contribution in [0.2, 0.25) is 0 Å². The number of hydrogen-bond donors (Lipinski definition) is 1. The molecule has 0 heterocycles. The predicted octanol–water partition coefficient (Wildman–Crippen LogP) is 6.32. The van der Waals surface area contributed by atoms with Gasteiger partial charge in [0.15, 0.2) is 0 Å². The van der Waals surface area contributed by atoms with Gasteiger partial charge in [-0.1, -0.05) is 6.07 Å². The van der Waals surface area contributed by atoms with E-state index in [1.807, 2.05) is 0 Å². The third-order valence-electron chi connectivity index (χ3n) is 3.34. The van der Waals surface area contributed by atoms with Gasteiger partial charge in [0.05, 0.1) is 6.10 Å². The third kappa shape index (κ3) is 6.41. The molecule has 2 aromatic carbocycles. The summed E-state index contributed by atoms with van der Waals surface area (Å²) < 4.78 is 83.9. The number of thioether (sulfide) groups is 1. The molecule has 0 saturated carbocycles. The highest BCUT2D eigenvalue weighted by Crippen LogP contribution is 2.40. The van der Waals surface area contributed by atoms with Crippen LogP contribution in [-0.2, 0) is 4.74 Å². The number of amides is 2. The molecular weight excluding hydrogens is 434 g/mol. The molecule has 162 valence electrons. The van der Waals surface area contributed by atoms with E-state index in [2.05, 4.69) is 10.3 Å². The number of hydrogen-bond acceptors (Lipinski definition) is 3. The number of halogens is 6. The van der Waals surface area contributed by atoms with Crippen molar-refractivity contribution in [2.75, 3.05) is 5.32 Å². The van der Waals surface area contributed by atoms with Gasteiger partial charge in [0.1, 0.15) is 17.2 Å². The van der Waals surface area contributed by atoms with Gasteiger partial charge in [0, 0.05) is 10.6 Å². The molecule has 0 radical (unpaired) electrons. The molecule has 4 nitrogen and oxygen atoms in total. The Bertz CT molecular complexity index is 899. The van der Waals surface area contributed by atoms with Crippen molar-refractivity contribution in [3.8, 4) is 0 Å². The lowest BCUT2D eigenvalue weighted by molar-refractivity contribution is -0.0563. The van der Waals surface area contributed by atoms with Crippen molar-refractivity contribution in [1.29, 1.82) is 0 Å². The molecule has 0 aliphatic rings. The second-order valence-electron chi connectivity index (χ2n) is 6.10. The maximum absolute atomic E-state index is 14.0. The highest BCUT2D eigenvalue weighted by molar-refractivity contribution is 8.00. The average Bonchev–Trinajstić information content (AvgIpc) is 2.62. The topological polar surface area (TPSA) is 50.7 Å². The van der Waals surface area contributed by atoms with Crippen molar-refractivity contribution in [3.05, 3.63) is 59.7 Å². The van der Waals surface area contributed by atoms with Gasteiger partial charge in [-0.2, -0.15) is 13.8 Å². The summed E-state index contributed by atoms with van der Waals surface area (Å²) in [6.07, 6.45) is -4.39. The molecule has 11 heteroatoms. The standard InChI is InChI=1S/C19H16F6N2O2S/c1-10(2)29-16(15-13(20)4-3-5-14(15)21)27-18(28)26-11-6-8-12(9-7-11)30-19(24,25)17(22)23/h3-10,17H,1-2H3,(H,26,28)/b27-16-. The van der Waals surface area contributed by atoms with Crippen molar-refractivity contribution in [3.63, 3.8) is 0 Å². The van der Waals surface area contributed by atoms with E-state index in [9.17, 15) is 31.1 Å². The molecular formula is C19H16F6N2O2S. The van der Waals surface area contributed by atoms with E-state index < -0.39 is 46.9 Å². The molecule has 0 unspecified atom stereocenters. The Hall–Kier alpha value is -2.69. The summed E-state index contributed by atoms with van der Waals surface area (Å²) in [6, 6.07) is 6.60. The van der Waals surface area contributed by atoms with E-state index in [0.717, 1.165) is 30.3 Å². The molecule has 0 aliphatic carbocycles. The molecule has 0 atom stereocenters. The zero-order valence-electron chi connectivity index (χ0n) is 15.6. The second-order valence-corrected chi connectivity index (χ2v) is 7.32. The highest BCUT2D eigenvalue weighted by Gasteiger charge is 2.41. The summed E-state index contributed by atoms with van der Waals surface area (Å²) in [6.45, 7) is 3.13. The smallest absolute Gasteiger partial charge is 0.357 e. The number of nitrogens with zero attached hydrogens (tertiary/aromatic N) is 1. The SMILES string of the molecule is CC(C)O/C(=N\C(=O)Nc1ccc(SC(F)(F)C(F)F)cc1)c1c(F)cccc1F. The predicted molar refractivity (Wildman–Crippen MR) is 101 cm³/mol. The number of alkyl halides is 4. The number of anilines is 1. The number of nitrogens with one attached hydrogen (secondary N) is 1. The summed E-state index contributed by atoms with van der Waals surface area (Å²) >= 11 is -0.327. The first kappa shape index (κ1) is 23.6. The van der Waals surface area contributed by atoms with Gasteiger partial charge in [-0.3, -0.25) is 0 Å². The van der Waals surface area contributed by atoms with Crippen LogP contribution >= 0.6 is 11.8 Å². The van der Waals surface area contributed by atoms with E-state index >= 15 is 0 Å². The summed E-state index contributed by atoms with van der Waals surface area (Å²) in [4.78, 5) is 15.6. The fourth-order valence-electron chi connectivity index (χ4n) is 2.12. The number of benzene rings is 2. The molecule has 0 bridgehead atoms. The Morgan fingerprint density at radius 1 is 1.07 bits per heavy atom. The Morgan fingerprint density at radius 2 is 1.63 bits per heavy atom. The van der Waals surface area contributed by atoms with Crippen LogP contribution in [0, 0.1) is 11.6 Å². The Balaban J connectivity index is 2.19. The van der Waals surface area contributed by atoms with E-state index in [-0.39, 0.29) is 22.3 Å². The van der Waals surface area contributed by atoms with Crippen molar-refractivity contribution in [2.45, 2.75) is 36.5 Å². The van der Waals surface area contributed by atoms with Gasteiger partial charge in [-0.05, 0) is 62.0 Å². The lowest BCUT2D eigenvalue weighted by Crippen LogP contribution is -2.21. The Morgan fingerprint density at radius 3 is 2.13 bits per heavy atom. The third-order valence-corrected chi connectivity index (χ3v) is 4.30. The van der Waals surface area contributed by atoms with Crippen LogP contribution in [0.3, 0.4) is 0 Å². The zero-order valence-corrected chi connectivity index (χ0v) is 16.5. The highest BCUT2D eigenvalue weighted by atomic mass is 32.2. The van der Waals surface area contributed by atoms with Crippen molar-refractivity contribution in [1.82, 2.24) is 0 Å². The van der Waals surface area contributed by atoms with Crippen LogP contribution in [0.25, 0.3) is 0 Å². The van der Waals surface area contributed by atoms with Crippen LogP contribution in [0.1, 0.15) is 19.4 Å². The first-order valence-corrected chi connectivity index (χ1v) is 9.27. The maximum Gasteiger partial charge on any atom is 0.357 e. The number of aliphatic imine (C=N–C) groups is 1. The molecule has 2 aromatic rings. The van der Waals surface area contributed by atoms with Gasteiger partial charge in [-0.15, -0.1) is 0 Å². The summed E-state index contributed by atoms with van der Waals surface area (Å²) in [5, 5.41) is -1.99. The quantitative estimate of drug-likeness (QED) is 0.243. The van der Waals surface area contributed by atoms with E-state index in [0.29, 0.717) is 0 Å². The molecule has 0 aliphatic heterocycles. The number of urea groups is 1. The zero-order chi connectivity index (χ0) is 22.5. The fourth-order valence-corrected chi connectivity index (χ4v) is 2.79. The molecule has 2 amide bonds. The lowest BCUT2D eigenvalue weighted by Gasteiger charge is -2.15. The summed E-state index contributed by atoms with van der Waals surface area (Å²) in [5.41, 5.74) is -0.534. The largest absolute Gasteiger partial charge is 0.474 e. The first-order valence-electron chi connectivity index (χ1n) is 8.45. The minimum absolute atomic E-state index is 0.0892. The van der Waals surface area contributed by atoms with Crippen molar-refractivity contribution in [2.24, 2.45) is 4.99 Å². The number of carbonyl (C=O) groups excluding carboxylic acids is 1. The summed E-state index contributed by atoms with van der Waals surface area (Å²) in [7, 11) is 0. The van der Waals surface area contributed by atoms with E-state index in [1.54, 1.807) is 13.8 Å². The molecule has 0 spiro atoms. The normalized spacial score (nSPS) is 12.4. The molecule has 0 aromatic heterocycles. The minimum Gasteiger partial charge on any atom is -0.474 e. The molecule has 1 N–H and O–H groups in total. The van der Waals surface area contributed by atoms with Crippen LogP contribution in [0.4, 0.5) is 36.8 Å². The van der Waals surface area contributed by atoms with Crippen LogP contribution in [0.15, 0.2) is 52.4 Å². The lowest BCUT2D eigenvalue weighted by atomic mass is 10.2. The second kappa shape index (κ2) is 9.88. The van der Waals surface area contributed by atoms with Gasteiger partial charge in [-0.25, -0.2) is 22.4 Å². The molecule has 30 heavy (non-hydrogen) atoms. The molecule has 2 rings (SSSR count). The fraction of sp³-hybridized carbons (Fsp3) is 0.263. The van der Waals surface area contributed by atoms with Crippen LogP contribution in [0.5, 0.6) is 0 Å². The average molecular weight is 450 g/mol. The first-order chi connectivity index (χ1) is 14.0. The number of carbonyl (C=O) groups is 1. The van der Waals surface area contributed by atoms with Crippen LogP contribution < -0.4 is 5.32 Å². The maximum atomic E-state index is 14.0. The van der Waals surface area contributed by atoms with Crippen molar-refractivity contribution < 1.29 is 35.9 Å². The van der Waals surface area contributed by atoms with Gasteiger partial charge < -0.3 is 10.1 Å². The van der Waals surface area contributed by atoms with Gasteiger partial charge in [0.25, 0.3) is 0 Å². The van der Waals surface area contributed by atoms with E-state index in [4.69, 9.17) is 4.74 Å². The Kier molecular flexibility index (Phi) is 7.77. The van der Waals surface area contributed by atoms with Crippen molar-refractivity contribution >= 4 is 29.4 Å². The minimum atomic E-state index is -4.26. The molecule has 0 fully saturated rings. The Labute approximate surface area is 172 Å². The number of ether oxygens (including phenoxy) is 1. The van der Waals surface area contributed by atoms with Gasteiger partial charge in [0.2, 0.25) is 5.90 Å².